The van der Waals surface area contributed by atoms with Gasteiger partial charge in [-0.2, -0.15) is 6.42 Å². The summed E-state index contributed by atoms with van der Waals surface area (Å²) in [6.07, 6.45) is 2.81. The number of unbranched alkanes of at least 4 members (excludes halogenated alkanes) is 1. The summed E-state index contributed by atoms with van der Waals surface area (Å²) in [7, 11) is 5.10. The second-order valence-electron chi connectivity index (χ2n) is 0.996. The molecule has 0 aliphatic rings. The van der Waals surface area contributed by atoms with Crippen molar-refractivity contribution in [3.05, 3.63) is 6.92 Å². The molecule has 0 aromatic heterocycles. The summed E-state index contributed by atoms with van der Waals surface area (Å²) in [5.41, 5.74) is 0. The average Bonchev–Trinajstić information content (AvgIpc) is 1.41. The van der Waals surface area contributed by atoms with Crippen LogP contribution in [0.3, 0.4) is 0 Å². The zero-order valence-electron chi connectivity index (χ0n) is 4.11. The van der Waals surface area contributed by atoms with E-state index >= 15 is 0 Å². The van der Waals surface area contributed by atoms with Gasteiger partial charge in [-0.1, -0.05) is 0 Å². The van der Waals surface area contributed by atoms with Crippen LogP contribution in [0.25, 0.3) is 0 Å². The molecule has 0 saturated heterocycles. The van der Waals surface area contributed by atoms with E-state index in [4.69, 9.17) is 7.85 Å². The molecule has 0 saturated carbocycles. The molecule has 0 aliphatic carbocycles. The summed E-state index contributed by atoms with van der Waals surface area (Å²) in [6, 6.07) is 0. The quantitative estimate of drug-likeness (QED) is 0.461. The van der Waals surface area contributed by atoms with Crippen molar-refractivity contribution >= 4 is 56.7 Å². The van der Waals surface area contributed by atoms with Crippen molar-refractivity contribution in [1.29, 1.82) is 0 Å². The Bertz CT molecular complexity index is 15.0. The fraction of sp³-hybridized carbons (Fsp3) is 0.750. The Kier molecular flexibility index (Phi) is 17.3. The monoisotopic (exact) mass is 205 g/mol. The second-order valence-corrected chi connectivity index (χ2v) is 0.996. The molecule has 0 aromatic carbocycles. The molecule has 0 bridgehead atoms. The van der Waals surface area contributed by atoms with E-state index in [0.717, 1.165) is 19.2 Å². The number of hydrogen-bond donors (Lipinski definition) is 0. The second kappa shape index (κ2) is 9.81. The minimum absolute atomic E-state index is 0. The van der Waals surface area contributed by atoms with Crippen molar-refractivity contribution in [2.45, 2.75) is 19.2 Å². The minimum Gasteiger partial charge on any atom is -0.626 e. The molecule has 0 rings (SSSR count). The summed E-state index contributed by atoms with van der Waals surface area (Å²) >= 11 is 0. The summed E-state index contributed by atoms with van der Waals surface area (Å²) in [4.78, 5) is 0. The van der Waals surface area contributed by atoms with Crippen molar-refractivity contribution in [1.82, 2.24) is 0 Å². The van der Waals surface area contributed by atoms with Crippen LogP contribution in [-0.2, 0) is 0 Å². The van der Waals surface area contributed by atoms with Crippen LogP contribution in [-0.4, -0.2) is 56.7 Å². The summed E-state index contributed by atoms with van der Waals surface area (Å²) in [5, 5.41) is 0. The van der Waals surface area contributed by atoms with Gasteiger partial charge >= 0.3 is 48.9 Å². The van der Waals surface area contributed by atoms with Crippen LogP contribution in [0.5, 0.6) is 0 Å². The van der Waals surface area contributed by atoms with Crippen molar-refractivity contribution in [2.24, 2.45) is 0 Å². The van der Waals surface area contributed by atoms with Gasteiger partial charge in [-0.15, -0.1) is 6.42 Å². The molecule has 0 aromatic rings. The molecule has 3 radical (unpaired) electrons. The molecule has 6 heavy (non-hydrogen) atoms. The van der Waals surface area contributed by atoms with Crippen LogP contribution >= 0.6 is 0 Å². The Hall–Kier alpha value is 1.64. The first-order chi connectivity index (χ1) is 2.41. The SMILES string of the molecule is [B-]CCC[CH2-].[Ba+2]. The average molecular weight is 204 g/mol. The van der Waals surface area contributed by atoms with Gasteiger partial charge in [-0.3, -0.25) is 6.32 Å². The maximum atomic E-state index is 5.10. The van der Waals surface area contributed by atoms with E-state index in [2.05, 4.69) is 6.92 Å². The van der Waals surface area contributed by atoms with Crippen molar-refractivity contribution in [3.63, 3.8) is 0 Å². The van der Waals surface area contributed by atoms with Crippen LogP contribution in [0.2, 0.25) is 6.32 Å². The molecule has 0 atom stereocenters. The third kappa shape index (κ3) is 9.16. The number of hydrogen-bond acceptors (Lipinski definition) is 0. The topological polar surface area (TPSA) is 0 Å². The van der Waals surface area contributed by atoms with Crippen LogP contribution in [0.15, 0.2) is 0 Å². The molecule has 0 amide bonds. The summed E-state index contributed by atoms with van der Waals surface area (Å²) < 4.78 is 0. The maximum absolute atomic E-state index is 5.10. The van der Waals surface area contributed by atoms with E-state index < -0.39 is 0 Å². The zero-order valence-corrected chi connectivity index (χ0v) is 8.55. The van der Waals surface area contributed by atoms with Gasteiger partial charge < -0.3 is 14.8 Å². The first-order valence-corrected chi connectivity index (χ1v) is 1.91. The van der Waals surface area contributed by atoms with Gasteiger partial charge in [0.2, 0.25) is 0 Å². The van der Waals surface area contributed by atoms with E-state index in [1.165, 1.54) is 0 Å². The normalized spacial score (nSPS) is 7.00. The Morgan fingerprint density at radius 2 is 2.00 bits per heavy atom. The maximum Gasteiger partial charge on any atom is 2.00 e. The van der Waals surface area contributed by atoms with Gasteiger partial charge in [0.05, 0.1) is 0 Å². The largest absolute Gasteiger partial charge is 2.00 e. The molecule has 0 N–H and O–H groups in total. The molecular weight excluding hydrogens is 196 g/mol. The molecular formula is C4H8BBa. The molecule has 0 spiro atoms. The van der Waals surface area contributed by atoms with E-state index in [1.54, 1.807) is 0 Å². The standard InChI is InChI=1S/C4H8B.Ba/c1-2-3-4-5;/h1-4H2;/q-2;+2. The molecule has 0 fully saturated rings. The van der Waals surface area contributed by atoms with Crippen molar-refractivity contribution < 1.29 is 0 Å². The summed E-state index contributed by atoms with van der Waals surface area (Å²) in [5.74, 6) is 0. The first kappa shape index (κ1) is 10.6. The van der Waals surface area contributed by atoms with Gasteiger partial charge in [0.1, 0.15) is 0 Å². The molecule has 0 aliphatic heterocycles. The predicted molar refractivity (Wildman–Crippen MR) is 30.9 cm³/mol. The van der Waals surface area contributed by atoms with Crippen LogP contribution in [0.4, 0.5) is 0 Å². The van der Waals surface area contributed by atoms with E-state index in [0.29, 0.717) is 0 Å². The van der Waals surface area contributed by atoms with Gasteiger partial charge in [-0.05, 0) is 0 Å². The fourth-order valence-electron chi connectivity index (χ4n) is 0.144. The number of rotatable bonds is 2. The van der Waals surface area contributed by atoms with E-state index in [-0.39, 0.29) is 48.9 Å². The first-order valence-electron chi connectivity index (χ1n) is 1.91. The Morgan fingerprint density at radius 3 is 2.00 bits per heavy atom. The third-order valence-corrected chi connectivity index (χ3v) is 0.454. The molecule has 0 nitrogen and oxygen atoms in total. The Balaban J connectivity index is 0. The molecule has 0 unspecified atom stereocenters. The summed E-state index contributed by atoms with van der Waals surface area (Å²) in [6.45, 7) is 3.60. The zero-order chi connectivity index (χ0) is 4.12. The van der Waals surface area contributed by atoms with Crippen molar-refractivity contribution in [3.8, 4) is 0 Å². The third-order valence-electron chi connectivity index (χ3n) is 0.454. The van der Waals surface area contributed by atoms with Crippen LogP contribution in [0.1, 0.15) is 12.8 Å². The van der Waals surface area contributed by atoms with E-state index in [9.17, 15) is 0 Å². The molecule has 0 heterocycles. The van der Waals surface area contributed by atoms with Gasteiger partial charge in [0.25, 0.3) is 0 Å². The van der Waals surface area contributed by atoms with Crippen LogP contribution in [0, 0.1) is 6.92 Å². The van der Waals surface area contributed by atoms with E-state index in [1.807, 2.05) is 0 Å². The smallest absolute Gasteiger partial charge is 0.626 e. The predicted octanol–water partition coefficient (Wildman–Crippen LogP) is 0.807. The van der Waals surface area contributed by atoms with Gasteiger partial charge in [0, 0.05) is 0 Å². The Labute approximate surface area is 81.6 Å². The van der Waals surface area contributed by atoms with Gasteiger partial charge in [0.15, 0.2) is 0 Å². The molecule has 29 valence electrons. The fourth-order valence-corrected chi connectivity index (χ4v) is 0.144. The van der Waals surface area contributed by atoms with Gasteiger partial charge in [-0.25, -0.2) is 0 Å². The van der Waals surface area contributed by atoms with Crippen LogP contribution < -0.4 is 0 Å². The molecule has 2 heteroatoms. The minimum atomic E-state index is 0. The Morgan fingerprint density at radius 1 is 1.50 bits per heavy atom. The van der Waals surface area contributed by atoms with Crippen molar-refractivity contribution in [2.75, 3.05) is 0 Å².